The van der Waals surface area contributed by atoms with Crippen molar-refractivity contribution in [1.29, 1.82) is 0 Å². The quantitative estimate of drug-likeness (QED) is 0.663. The van der Waals surface area contributed by atoms with Gasteiger partial charge in [0.2, 0.25) is 0 Å². The fraction of sp³-hybridized carbons (Fsp3) is 0.333. The molecule has 0 N–H and O–H groups in total. The molecule has 0 radical (unpaired) electrons. The van der Waals surface area contributed by atoms with Gasteiger partial charge in [-0.15, -0.1) is 0 Å². The molecule has 0 atom stereocenters. The number of aryl methyl sites for hydroxylation is 1. The number of aromatic nitrogens is 4. The third-order valence-electron chi connectivity index (χ3n) is 4.85. The summed E-state index contributed by atoms with van der Waals surface area (Å²) in [6, 6.07) is 11.1. The lowest BCUT2D eigenvalue weighted by Gasteiger charge is -2.35. The number of carbonyl (C=O) groups excluding carboxylic acids is 1. The van der Waals surface area contributed by atoms with Gasteiger partial charge in [-0.1, -0.05) is 0 Å². The van der Waals surface area contributed by atoms with E-state index in [9.17, 15) is 4.79 Å². The number of nitrogens with zero attached hydrogens (tertiary/aromatic N) is 6. The molecular weight excluding hydrogens is 368 g/mol. The van der Waals surface area contributed by atoms with Crippen molar-refractivity contribution >= 4 is 11.7 Å². The highest BCUT2D eigenvalue weighted by molar-refractivity contribution is 5.94. The predicted molar refractivity (Wildman–Crippen MR) is 110 cm³/mol. The van der Waals surface area contributed by atoms with Crippen LogP contribution in [0, 0.1) is 6.92 Å². The smallest absolute Gasteiger partial charge is 0.253 e. The molecule has 150 valence electrons. The van der Waals surface area contributed by atoms with E-state index >= 15 is 0 Å². The molecule has 0 spiro atoms. The van der Waals surface area contributed by atoms with E-state index in [2.05, 4.69) is 20.0 Å². The Labute approximate surface area is 169 Å². The Balaban J connectivity index is 1.42. The number of hydrogen-bond donors (Lipinski definition) is 0. The molecule has 0 saturated carbocycles. The minimum atomic E-state index is 0.0452. The molecule has 1 aliphatic heterocycles. The van der Waals surface area contributed by atoms with E-state index in [0.717, 1.165) is 30.5 Å². The Morgan fingerprint density at radius 1 is 1.07 bits per heavy atom. The van der Waals surface area contributed by atoms with Gasteiger partial charge in [0, 0.05) is 50.2 Å². The second kappa shape index (κ2) is 8.30. The zero-order valence-electron chi connectivity index (χ0n) is 16.7. The first-order valence-corrected chi connectivity index (χ1v) is 9.77. The topological polar surface area (TPSA) is 76.4 Å². The molecule has 2 aromatic heterocycles. The number of rotatable bonds is 5. The van der Waals surface area contributed by atoms with Crippen molar-refractivity contribution in [3.63, 3.8) is 0 Å². The van der Waals surface area contributed by atoms with Crippen molar-refractivity contribution in [3.05, 3.63) is 60.2 Å². The average molecular weight is 392 g/mol. The summed E-state index contributed by atoms with van der Waals surface area (Å²) in [6.07, 6.45) is 3.58. The molecule has 8 heteroatoms. The first-order chi connectivity index (χ1) is 14.1. The molecule has 0 bridgehead atoms. The Bertz CT molecular complexity index is 963. The van der Waals surface area contributed by atoms with Gasteiger partial charge in [0.1, 0.15) is 17.4 Å². The van der Waals surface area contributed by atoms with E-state index in [1.54, 1.807) is 10.9 Å². The van der Waals surface area contributed by atoms with Crippen LogP contribution >= 0.6 is 0 Å². The summed E-state index contributed by atoms with van der Waals surface area (Å²) < 4.78 is 7.17. The monoisotopic (exact) mass is 392 g/mol. The summed E-state index contributed by atoms with van der Waals surface area (Å²) in [5, 5.41) is 4.25. The van der Waals surface area contributed by atoms with E-state index < -0.39 is 0 Å². The van der Waals surface area contributed by atoms with Gasteiger partial charge in [-0.05, 0) is 44.2 Å². The zero-order chi connectivity index (χ0) is 20.2. The van der Waals surface area contributed by atoms with E-state index in [1.807, 2.05) is 61.3 Å². The predicted octanol–water partition coefficient (Wildman–Crippen LogP) is 2.33. The summed E-state index contributed by atoms with van der Waals surface area (Å²) in [6.45, 7) is 7.16. The Morgan fingerprint density at radius 2 is 1.79 bits per heavy atom. The molecule has 1 aromatic carbocycles. The van der Waals surface area contributed by atoms with Crippen LogP contribution in [0.4, 0.5) is 5.82 Å². The molecular formula is C21H24N6O2. The fourth-order valence-electron chi connectivity index (χ4n) is 3.40. The van der Waals surface area contributed by atoms with Gasteiger partial charge >= 0.3 is 0 Å². The van der Waals surface area contributed by atoms with Gasteiger partial charge in [-0.25, -0.2) is 14.6 Å². The molecule has 29 heavy (non-hydrogen) atoms. The van der Waals surface area contributed by atoms with Crippen LogP contribution in [0.5, 0.6) is 5.75 Å². The Kier molecular flexibility index (Phi) is 5.41. The van der Waals surface area contributed by atoms with Gasteiger partial charge in [0.15, 0.2) is 5.82 Å². The second-order valence-corrected chi connectivity index (χ2v) is 6.82. The van der Waals surface area contributed by atoms with Gasteiger partial charge in [0.25, 0.3) is 5.91 Å². The number of ether oxygens (including phenoxy) is 1. The van der Waals surface area contributed by atoms with Crippen LogP contribution in [0.2, 0.25) is 0 Å². The summed E-state index contributed by atoms with van der Waals surface area (Å²) in [5.74, 6) is 3.12. The molecule has 0 unspecified atom stereocenters. The van der Waals surface area contributed by atoms with Crippen LogP contribution in [-0.4, -0.2) is 63.3 Å². The lowest BCUT2D eigenvalue weighted by molar-refractivity contribution is 0.0746. The number of amides is 1. The van der Waals surface area contributed by atoms with Crippen LogP contribution in [0.3, 0.4) is 0 Å². The van der Waals surface area contributed by atoms with Gasteiger partial charge < -0.3 is 14.5 Å². The number of benzene rings is 1. The molecule has 1 saturated heterocycles. The fourth-order valence-corrected chi connectivity index (χ4v) is 3.40. The molecule has 8 nitrogen and oxygen atoms in total. The molecule has 3 heterocycles. The largest absolute Gasteiger partial charge is 0.494 e. The normalized spacial score (nSPS) is 14.1. The third kappa shape index (κ3) is 4.21. The third-order valence-corrected chi connectivity index (χ3v) is 4.85. The van der Waals surface area contributed by atoms with Crippen molar-refractivity contribution in [3.8, 4) is 11.6 Å². The first-order valence-electron chi connectivity index (χ1n) is 9.77. The van der Waals surface area contributed by atoms with Crippen molar-refractivity contribution < 1.29 is 9.53 Å². The highest BCUT2D eigenvalue weighted by Crippen LogP contribution is 2.19. The molecule has 1 aliphatic rings. The summed E-state index contributed by atoms with van der Waals surface area (Å²) in [7, 11) is 0. The Hall–Kier alpha value is -3.42. The minimum absolute atomic E-state index is 0.0452. The molecule has 4 rings (SSSR count). The molecule has 1 fully saturated rings. The molecule has 1 amide bonds. The summed E-state index contributed by atoms with van der Waals surface area (Å²) in [5.41, 5.74) is 0.681. The van der Waals surface area contributed by atoms with Crippen LogP contribution < -0.4 is 9.64 Å². The Morgan fingerprint density at radius 3 is 2.45 bits per heavy atom. The maximum Gasteiger partial charge on any atom is 0.253 e. The standard InChI is InChI=1S/C21H24N6O2/c1-3-29-18-7-5-17(6-8-18)21(28)26-13-11-25(12-14-26)19-15-20(24-16(2)23-19)27-10-4-9-22-27/h4-10,15H,3,11-14H2,1-2H3. The number of anilines is 1. The maximum atomic E-state index is 12.8. The van der Waals surface area contributed by atoms with Crippen molar-refractivity contribution in [2.45, 2.75) is 13.8 Å². The van der Waals surface area contributed by atoms with E-state index in [-0.39, 0.29) is 5.91 Å². The average Bonchev–Trinajstić information content (AvgIpc) is 3.29. The summed E-state index contributed by atoms with van der Waals surface area (Å²) in [4.78, 5) is 25.9. The van der Waals surface area contributed by atoms with Crippen LogP contribution in [0.25, 0.3) is 5.82 Å². The van der Waals surface area contributed by atoms with E-state index in [0.29, 0.717) is 31.1 Å². The summed E-state index contributed by atoms with van der Waals surface area (Å²) >= 11 is 0. The highest BCUT2D eigenvalue weighted by Gasteiger charge is 2.23. The van der Waals surface area contributed by atoms with Gasteiger partial charge in [-0.3, -0.25) is 4.79 Å². The lowest BCUT2D eigenvalue weighted by atomic mass is 10.1. The lowest BCUT2D eigenvalue weighted by Crippen LogP contribution is -2.49. The van der Waals surface area contributed by atoms with Crippen LogP contribution in [0.1, 0.15) is 23.1 Å². The van der Waals surface area contributed by atoms with Crippen molar-refractivity contribution in [1.82, 2.24) is 24.6 Å². The van der Waals surface area contributed by atoms with E-state index in [4.69, 9.17) is 4.74 Å². The molecule has 0 aliphatic carbocycles. The number of carbonyl (C=O) groups is 1. The van der Waals surface area contributed by atoms with Crippen molar-refractivity contribution in [2.75, 3.05) is 37.7 Å². The van der Waals surface area contributed by atoms with Gasteiger partial charge in [0.05, 0.1) is 6.61 Å². The second-order valence-electron chi connectivity index (χ2n) is 6.82. The zero-order valence-corrected chi connectivity index (χ0v) is 16.7. The molecule has 3 aromatic rings. The van der Waals surface area contributed by atoms with E-state index in [1.165, 1.54) is 0 Å². The minimum Gasteiger partial charge on any atom is -0.494 e. The SMILES string of the molecule is CCOc1ccc(C(=O)N2CCN(c3cc(-n4cccn4)nc(C)n3)CC2)cc1. The maximum absolute atomic E-state index is 12.8. The highest BCUT2D eigenvalue weighted by atomic mass is 16.5. The van der Waals surface area contributed by atoms with Crippen molar-refractivity contribution in [2.24, 2.45) is 0 Å². The first kappa shape index (κ1) is 18.9. The van der Waals surface area contributed by atoms with Gasteiger partial charge in [-0.2, -0.15) is 5.10 Å². The van der Waals surface area contributed by atoms with Crippen LogP contribution in [-0.2, 0) is 0 Å². The van der Waals surface area contributed by atoms with Crippen LogP contribution in [0.15, 0.2) is 48.8 Å². The number of piperazine rings is 1. The number of hydrogen-bond acceptors (Lipinski definition) is 6.